The number of ether oxygens (including phenoxy) is 1. The van der Waals surface area contributed by atoms with E-state index in [-0.39, 0.29) is 54.4 Å². The van der Waals surface area contributed by atoms with E-state index in [2.05, 4.69) is 0 Å². The first kappa shape index (κ1) is 20.2. The molecule has 0 aromatic heterocycles. The predicted molar refractivity (Wildman–Crippen MR) is 99.4 cm³/mol. The number of carboxylic acids is 1. The highest BCUT2D eigenvalue weighted by Crippen LogP contribution is 2.37. The van der Waals surface area contributed by atoms with Crippen LogP contribution in [0.2, 0.25) is 6.32 Å². The topological polar surface area (TPSA) is 139 Å². The number of hydrogen-bond acceptors (Lipinski definition) is 7. The van der Waals surface area contributed by atoms with Gasteiger partial charge in [-0.1, -0.05) is 6.07 Å². The Morgan fingerprint density at radius 1 is 1.39 bits per heavy atom. The Bertz CT molecular complexity index is 794. The minimum Gasteiger partial charge on any atom is -0.535 e. The number of likely N-dealkylation sites (tertiary alicyclic amines) is 1. The van der Waals surface area contributed by atoms with Crippen LogP contribution in [0.5, 0.6) is 11.5 Å². The van der Waals surface area contributed by atoms with E-state index in [1.165, 1.54) is 11.8 Å². The summed E-state index contributed by atoms with van der Waals surface area (Å²) in [5.41, 5.74) is 6.40. The normalized spacial score (nSPS) is 17.2. The van der Waals surface area contributed by atoms with Gasteiger partial charge in [-0.2, -0.15) is 0 Å². The van der Waals surface area contributed by atoms with Crippen LogP contribution < -0.4 is 15.1 Å². The Kier molecular flexibility index (Phi) is 5.90. The van der Waals surface area contributed by atoms with Gasteiger partial charge in [-0.05, 0) is 37.7 Å². The zero-order valence-corrected chi connectivity index (χ0v) is 15.6. The van der Waals surface area contributed by atoms with Crippen LogP contribution in [0.4, 0.5) is 0 Å². The highest BCUT2D eigenvalue weighted by molar-refractivity contribution is 6.44. The van der Waals surface area contributed by atoms with Crippen LogP contribution in [-0.4, -0.2) is 65.0 Å². The van der Waals surface area contributed by atoms with Crippen molar-refractivity contribution < 1.29 is 33.9 Å². The third-order valence-electron chi connectivity index (χ3n) is 4.91. The molecular weight excluding hydrogens is 367 g/mol. The number of ketones is 1. The molecule has 3 rings (SSSR count). The minimum atomic E-state index is -1.21. The molecule has 2 aliphatic heterocycles. The maximum absolute atomic E-state index is 12.2. The third-order valence-corrected chi connectivity index (χ3v) is 4.91. The van der Waals surface area contributed by atoms with Crippen LogP contribution in [0.15, 0.2) is 12.1 Å². The first-order valence-corrected chi connectivity index (χ1v) is 9.20. The summed E-state index contributed by atoms with van der Waals surface area (Å²) in [5.74, 6) is -1.22. The molecule has 2 aliphatic rings. The van der Waals surface area contributed by atoms with Gasteiger partial charge in [0.05, 0.1) is 19.1 Å². The number of fused-ring (bicyclic) bond motifs is 1. The Morgan fingerprint density at radius 3 is 2.75 bits per heavy atom. The molecule has 1 atom stereocenters. The molecule has 0 saturated carbocycles. The molecule has 1 aromatic rings. The second kappa shape index (κ2) is 8.20. The number of rotatable bonds is 7. The molecule has 9 nitrogen and oxygen atoms in total. The van der Waals surface area contributed by atoms with Crippen molar-refractivity contribution in [2.75, 3.05) is 13.1 Å². The minimum absolute atomic E-state index is 0.0194. The lowest BCUT2D eigenvalue weighted by Gasteiger charge is -2.40. The van der Waals surface area contributed by atoms with E-state index in [4.69, 9.17) is 15.1 Å². The maximum Gasteiger partial charge on any atom is 0.522 e. The number of hydrogen-bond donors (Lipinski definition) is 3. The Balaban J connectivity index is 1.63. The van der Waals surface area contributed by atoms with Crippen LogP contribution in [0, 0.1) is 0 Å². The average molecular weight is 390 g/mol. The van der Waals surface area contributed by atoms with E-state index in [1.54, 1.807) is 12.1 Å². The number of amides is 1. The lowest BCUT2D eigenvalue weighted by Crippen LogP contribution is -2.59. The number of carbonyl (C=O) groups is 3. The summed E-state index contributed by atoms with van der Waals surface area (Å²) in [5, 5.41) is 19.3. The molecule has 0 radical (unpaired) electrons. The molecule has 1 amide bonds. The number of Topliss-reactive ketones (excluding diaryl/α,β-unsaturated/α-hetero) is 1. The summed E-state index contributed by atoms with van der Waals surface area (Å²) in [6.07, 6.45) is 1.10. The predicted octanol–water partition coefficient (Wildman–Crippen LogP) is 0.0863. The molecule has 0 unspecified atom stereocenters. The largest absolute Gasteiger partial charge is 0.535 e. The Labute approximate surface area is 162 Å². The molecule has 0 aliphatic carbocycles. The number of carbonyl (C=O) groups excluding carboxylic acids is 2. The summed E-state index contributed by atoms with van der Waals surface area (Å²) in [6, 6.07) is 2.56. The van der Waals surface area contributed by atoms with Crippen molar-refractivity contribution >= 4 is 24.8 Å². The summed E-state index contributed by atoms with van der Waals surface area (Å²) in [7, 11) is -1.05. The van der Waals surface area contributed by atoms with Gasteiger partial charge >= 0.3 is 13.1 Å². The number of aromatic carboxylic acids is 1. The summed E-state index contributed by atoms with van der Waals surface area (Å²) in [4.78, 5) is 36.5. The van der Waals surface area contributed by atoms with Crippen molar-refractivity contribution in [3.8, 4) is 11.5 Å². The highest BCUT2D eigenvalue weighted by atomic mass is 16.5. The summed E-state index contributed by atoms with van der Waals surface area (Å²) < 4.78 is 11.1. The fourth-order valence-corrected chi connectivity index (χ4v) is 3.30. The molecule has 4 N–H and O–H groups in total. The van der Waals surface area contributed by atoms with Gasteiger partial charge in [0.25, 0.3) is 0 Å². The van der Waals surface area contributed by atoms with Crippen LogP contribution in [0.3, 0.4) is 0 Å². The fourth-order valence-electron chi connectivity index (χ4n) is 3.30. The van der Waals surface area contributed by atoms with E-state index >= 15 is 0 Å². The van der Waals surface area contributed by atoms with Crippen molar-refractivity contribution in [1.82, 2.24) is 4.90 Å². The van der Waals surface area contributed by atoms with Crippen LogP contribution in [-0.2, 0) is 16.0 Å². The lowest BCUT2D eigenvalue weighted by atomic mass is 9.78. The fraction of sp³-hybridized carbons (Fsp3) is 0.500. The molecule has 10 heteroatoms. The van der Waals surface area contributed by atoms with Gasteiger partial charge in [0, 0.05) is 6.42 Å². The van der Waals surface area contributed by atoms with Crippen molar-refractivity contribution in [2.24, 2.45) is 5.73 Å². The number of benzene rings is 1. The first-order chi connectivity index (χ1) is 13.3. The number of nitrogens with zero attached hydrogens (tertiary/aromatic N) is 1. The quantitative estimate of drug-likeness (QED) is 0.557. The lowest BCUT2D eigenvalue weighted by molar-refractivity contribution is -0.141. The van der Waals surface area contributed by atoms with E-state index in [0.717, 1.165) is 0 Å². The molecule has 150 valence electrons. The van der Waals surface area contributed by atoms with Crippen molar-refractivity contribution in [2.45, 2.75) is 44.7 Å². The van der Waals surface area contributed by atoms with E-state index < -0.39 is 19.1 Å². The SMILES string of the molecule is CC(=O)CC[C@@H](N)C(=O)N1CC(Oc2ccc3c(c2C(=O)O)OB(O)CC3)C1. The van der Waals surface area contributed by atoms with E-state index in [0.29, 0.717) is 24.7 Å². The van der Waals surface area contributed by atoms with Gasteiger partial charge in [-0.25, -0.2) is 4.79 Å². The van der Waals surface area contributed by atoms with Crippen LogP contribution in [0.1, 0.15) is 35.7 Å². The second-order valence-electron chi connectivity index (χ2n) is 7.17. The van der Waals surface area contributed by atoms with Crippen molar-refractivity contribution in [3.05, 3.63) is 23.3 Å². The highest BCUT2D eigenvalue weighted by Gasteiger charge is 2.36. The monoisotopic (exact) mass is 390 g/mol. The van der Waals surface area contributed by atoms with Crippen LogP contribution >= 0.6 is 0 Å². The molecular formula is C18H23BN2O7. The van der Waals surface area contributed by atoms with Gasteiger partial charge in [0.15, 0.2) is 0 Å². The summed E-state index contributed by atoms with van der Waals surface area (Å²) in [6.45, 7) is 2.02. The van der Waals surface area contributed by atoms with Gasteiger partial charge in [-0.3, -0.25) is 4.79 Å². The van der Waals surface area contributed by atoms with Crippen molar-refractivity contribution in [1.29, 1.82) is 0 Å². The standard InChI is InChI=1S/C18H23BN2O7/c1-10(22)2-4-13(20)17(23)21-8-12(9-21)27-14-5-3-11-6-7-19(26)28-16(11)15(14)18(24)25/h3,5,12-13,26H,2,4,6-9,20H2,1H3,(H,24,25)/t13-/m1/s1. The zero-order valence-electron chi connectivity index (χ0n) is 15.6. The molecule has 1 fully saturated rings. The molecule has 1 aromatic carbocycles. The molecule has 28 heavy (non-hydrogen) atoms. The Morgan fingerprint density at radius 2 is 2.11 bits per heavy atom. The third kappa shape index (κ3) is 4.28. The zero-order chi connectivity index (χ0) is 20.4. The first-order valence-electron chi connectivity index (χ1n) is 9.20. The molecule has 0 spiro atoms. The van der Waals surface area contributed by atoms with Gasteiger partial charge < -0.3 is 34.9 Å². The number of aryl methyl sites for hydroxylation is 1. The second-order valence-corrected chi connectivity index (χ2v) is 7.17. The number of nitrogens with two attached hydrogens (primary N) is 1. The van der Waals surface area contributed by atoms with E-state index in [1.807, 2.05) is 0 Å². The smallest absolute Gasteiger partial charge is 0.522 e. The number of carboxylic acid groups (broad SMARTS) is 1. The van der Waals surface area contributed by atoms with Crippen molar-refractivity contribution in [3.63, 3.8) is 0 Å². The molecule has 1 saturated heterocycles. The molecule has 0 bridgehead atoms. The average Bonchev–Trinajstić information content (AvgIpc) is 2.60. The summed E-state index contributed by atoms with van der Waals surface area (Å²) >= 11 is 0. The maximum atomic E-state index is 12.2. The van der Waals surface area contributed by atoms with E-state index in [9.17, 15) is 24.5 Å². The van der Waals surface area contributed by atoms with Gasteiger partial charge in [0.1, 0.15) is 28.9 Å². The Hall–Kier alpha value is -2.59. The molecule has 2 heterocycles. The van der Waals surface area contributed by atoms with Crippen LogP contribution in [0.25, 0.3) is 0 Å². The van der Waals surface area contributed by atoms with Gasteiger partial charge in [0.2, 0.25) is 5.91 Å². The van der Waals surface area contributed by atoms with Gasteiger partial charge in [-0.15, -0.1) is 0 Å².